The molecule has 1 heterocycles. The maximum atomic E-state index is 5.63. The van der Waals surface area contributed by atoms with Crippen molar-refractivity contribution in [1.29, 1.82) is 0 Å². The first-order valence-corrected chi connectivity index (χ1v) is 5.50. The van der Waals surface area contributed by atoms with Gasteiger partial charge in [-0.25, -0.2) is 0 Å². The van der Waals surface area contributed by atoms with Crippen LogP contribution in [0.1, 0.15) is 11.1 Å². The van der Waals surface area contributed by atoms with Crippen LogP contribution in [-0.2, 0) is 13.5 Å². The predicted molar refractivity (Wildman–Crippen MR) is 67.0 cm³/mol. The molecule has 2 aromatic rings. The first-order valence-electron chi connectivity index (χ1n) is 5.50. The summed E-state index contributed by atoms with van der Waals surface area (Å²) >= 11 is 0. The lowest BCUT2D eigenvalue weighted by atomic mass is 10.1. The Morgan fingerprint density at radius 2 is 2.12 bits per heavy atom. The average molecular weight is 218 g/mol. The Bertz CT molecular complexity index is 514. The third-order valence-corrected chi connectivity index (χ3v) is 2.90. The average Bonchev–Trinajstić information content (AvgIpc) is 2.55. The molecule has 3 nitrogen and oxygen atoms in total. The SMILES string of the molecule is COc1cc(C)cc2c(CCN)cn(C)c12. The minimum absolute atomic E-state index is 0.676. The molecular formula is C13H18N2O. The summed E-state index contributed by atoms with van der Waals surface area (Å²) in [6, 6.07) is 4.26. The van der Waals surface area contributed by atoms with Gasteiger partial charge in [-0.2, -0.15) is 0 Å². The molecule has 0 saturated heterocycles. The zero-order chi connectivity index (χ0) is 11.7. The van der Waals surface area contributed by atoms with E-state index in [-0.39, 0.29) is 0 Å². The fourth-order valence-electron chi connectivity index (χ4n) is 2.23. The van der Waals surface area contributed by atoms with E-state index in [0.717, 1.165) is 17.7 Å². The summed E-state index contributed by atoms with van der Waals surface area (Å²) in [6.45, 7) is 2.76. The van der Waals surface area contributed by atoms with E-state index in [1.165, 1.54) is 16.5 Å². The normalized spacial score (nSPS) is 11.0. The Morgan fingerprint density at radius 3 is 2.75 bits per heavy atom. The highest BCUT2D eigenvalue weighted by atomic mass is 16.5. The van der Waals surface area contributed by atoms with E-state index in [0.29, 0.717) is 6.54 Å². The Labute approximate surface area is 95.8 Å². The van der Waals surface area contributed by atoms with E-state index in [4.69, 9.17) is 10.5 Å². The maximum Gasteiger partial charge on any atom is 0.143 e. The molecular weight excluding hydrogens is 200 g/mol. The molecule has 0 saturated carbocycles. The van der Waals surface area contributed by atoms with Gasteiger partial charge in [0.25, 0.3) is 0 Å². The van der Waals surface area contributed by atoms with Crippen molar-refractivity contribution in [3.63, 3.8) is 0 Å². The van der Waals surface area contributed by atoms with E-state index in [2.05, 4.69) is 29.8 Å². The molecule has 0 aliphatic carbocycles. The minimum Gasteiger partial charge on any atom is -0.495 e. The molecule has 0 spiro atoms. The lowest BCUT2D eigenvalue weighted by Gasteiger charge is -2.06. The second-order valence-electron chi connectivity index (χ2n) is 4.17. The molecule has 1 aromatic heterocycles. The molecule has 0 fully saturated rings. The largest absolute Gasteiger partial charge is 0.495 e. The van der Waals surface area contributed by atoms with E-state index < -0.39 is 0 Å². The quantitative estimate of drug-likeness (QED) is 0.856. The number of rotatable bonds is 3. The summed E-state index contributed by atoms with van der Waals surface area (Å²) in [4.78, 5) is 0. The minimum atomic E-state index is 0.676. The molecule has 0 atom stereocenters. The van der Waals surface area contributed by atoms with Gasteiger partial charge < -0.3 is 15.0 Å². The van der Waals surface area contributed by atoms with Gasteiger partial charge in [-0.15, -0.1) is 0 Å². The Hall–Kier alpha value is -1.48. The van der Waals surface area contributed by atoms with Crippen LogP contribution in [0.15, 0.2) is 18.3 Å². The van der Waals surface area contributed by atoms with Crippen LogP contribution < -0.4 is 10.5 Å². The summed E-state index contributed by atoms with van der Waals surface area (Å²) in [5.41, 5.74) is 9.29. The molecule has 0 aliphatic heterocycles. The number of ether oxygens (including phenoxy) is 1. The number of fused-ring (bicyclic) bond motifs is 1. The third-order valence-electron chi connectivity index (χ3n) is 2.90. The molecule has 0 amide bonds. The summed E-state index contributed by atoms with van der Waals surface area (Å²) < 4.78 is 7.54. The van der Waals surface area contributed by atoms with Crippen molar-refractivity contribution >= 4 is 10.9 Å². The molecule has 0 radical (unpaired) electrons. The summed E-state index contributed by atoms with van der Waals surface area (Å²) in [7, 11) is 3.75. The molecule has 0 bridgehead atoms. The van der Waals surface area contributed by atoms with Crippen molar-refractivity contribution in [2.75, 3.05) is 13.7 Å². The van der Waals surface area contributed by atoms with Gasteiger partial charge in [0.2, 0.25) is 0 Å². The molecule has 3 heteroatoms. The third kappa shape index (κ3) is 1.67. The standard InChI is InChI=1S/C13H18N2O/c1-9-6-11-10(4-5-14)8-15(2)13(11)12(7-9)16-3/h6-8H,4-5,14H2,1-3H3. The number of aromatic nitrogens is 1. The van der Waals surface area contributed by atoms with Crippen LogP contribution >= 0.6 is 0 Å². The first-order chi connectivity index (χ1) is 7.67. The number of hydrogen-bond acceptors (Lipinski definition) is 2. The van der Waals surface area contributed by atoms with E-state index in [1.807, 2.05) is 7.05 Å². The van der Waals surface area contributed by atoms with Crippen molar-refractivity contribution < 1.29 is 4.74 Å². The van der Waals surface area contributed by atoms with Crippen LogP contribution in [0.25, 0.3) is 10.9 Å². The monoisotopic (exact) mass is 218 g/mol. The Balaban J connectivity index is 2.74. The summed E-state index contributed by atoms with van der Waals surface area (Å²) in [6.07, 6.45) is 3.05. The van der Waals surface area contributed by atoms with Crippen molar-refractivity contribution in [1.82, 2.24) is 4.57 Å². The van der Waals surface area contributed by atoms with Gasteiger partial charge in [0, 0.05) is 18.6 Å². The number of nitrogens with zero attached hydrogens (tertiary/aromatic N) is 1. The van der Waals surface area contributed by atoms with Crippen molar-refractivity contribution in [2.24, 2.45) is 12.8 Å². The van der Waals surface area contributed by atoms with Gasteiger partial charge in [0.15, 0.2) is 0 Å². The Morgan fingerprint density at radius 1 is 1.38 bits per heavy atom. The molecule has 16 heavy (non-hydrogen) atoms. The van der Waals surface area contributed by atoms with Gasteiger partial charge in [-0.05, 0) is 43.1 Å². The van der Waals surface area contributed by atoms with Crippen LogP contribution in [0.5, 0.6) is 5.75 Å². The predicted octanol–water partition coefficient (Wildman–Crippen LogP) is 2.00. The topological polar surface area (TPSA) is 40.2 Å². The van der Waals surface area contributed by atoms with Gasteiger partial charge in [-0.3, -0.25) is 0 Å². The molecule has 86 valence electrons. The van der Waals surface area contributed by atoms with Gasteiger partial charge in [-0.1, -0.05) is 0 Å². The fourth-order valence-corrected chi connectivity index (χ4v) is 2.23. The van der Waals surface area contributed by atoms with Crippen LogP contribution in [0, 0.1) is 6.92 Å². The number of methoxy groups -OCH3 is 1. The molecule has 0 unspecified atom stereocenters. The van der Waals surface area contributed by atoms with Crippen LogP contribution in [0.4, 0.5) is 0 Å². The van der Waals surface area contributed by atoms with Gasteiger partial charge in [0.1, 0.15) is 5.75 Å². The van der Waals surface area contributed by atoms with Crippen molar-refractivity contribution in [3.05, 3.63) is 29.5 Å². The lowest BCUT2D eigenvalue weighted by Crippen LogP contribution is -2.01. The maximum absolute atomic E-state index is 5.63. The van der Waals surface area contributed by atoms with Gasteiger partial charge in [0.05, 0.1) is 12.6 Å². The first kappa shape index (κ1) is 11.0. The van der Waals surface area contributed by atoms with Crippen molar-refractivity contribution in [3.8, 4) is 5.75 Å². The highest BCUT2D eigenvalue weighted by Gasteiger charge is 2.11. The molecule has 2 rings (SSSR count). The molecule has 1 aromatic carbocycles. The highest BCUT2D eigenvalue weighted by molar-refractivity contribution is 5.90. The van der Waals surface area contributed by atoms with E-state index in [1.54, 1.807) is 7.11 Å². The lowest BCUT2D eigenvalue weighted by molar-refractivity contribution is 0.417. The van der Waals surface area contributed by atoms with E-state index in [9.17, 15) is 0 Å². The van der Waals surface area contributed by atoms with Crippen LogP contribution in [-0.4, -0.2) is 18.2 Å². The number of aryl methyl sites for hydroxylation is 2. The fraction of sp³-hybridized carbons (Fsp3) is 0.385. The Kier molecular flexibility index (Phi) is 2.88. The van der Waals surface area contributed by atoms with Crippen molar-refractivity contribution in [2.45, 2.75) is 13.3 Å². The van der Waals surface area contributed by atoms with Gasteiger partial charge >= 0.3 is 0 Å². The van der Waals surface area contributed by atoms with Crippen LogP contribution in [0.2, 0.25) is 0 Å². The number of nitrogens with two attached hydrogens (primary N) is 1. The van der Waals surface area contributed by atoms with E-state index >= 15 is 0 Å². The second kappa shape index (κ2) is 4.18. The molecule has 0 aliphatic rings. The second-order valence-corrected chi connectivity index (χ2v) is 4.17. The highest BCUT2D eigenvalue weighted by Crippen LogP contribution is 2.30. The van der Waals surface area contributed by atoms with Crippen LogP contribution in [0.3, 0.4) is 0 Å². The number of benzene rings is 1. The number of hydrogen-bond donors (Lipinski definition) is 1. The zero-order valence-corrected chi connectivity index (χ0v) is 10.1. The zero-order valence-electron chi connectivity index (χ0n) is 10.1. The smallest absolute Gasteiger partial charge is 0.143 e. The summed E-state index contributed by atoms with van der Waals surface area (Å²) in [5.74, 6) is 0.931. The molecule has 2 N–H and O–H groups in total. The summed E-state index contributed by atoms with van der Waals surface area (Å²) in [5, 5.41) is 1.25.